The molecule has 0 spiro atoms. The molecule has 3 nitrogen and oxygen atoms in total. The van der Waals surface area contributed by atoms with Crippen molar-refractivity contribution >= 4 is 17.3 Å². The highest BCUT2D eigenvalue weighted by atomic mass is 16.1. The fourth-order valence-corrected chi connectivity index (χ4v) is 3.79. The van der Waals surface area contributed by atoms with E-state index in [2.05, 4.69) is 43.1 Å². The zero-order valence-corrected chi connectivity index (χ0v) is 15.7. The Hall–Kier alpha value is -1.51. The lowest BCUT2D eigenvalue weighted by Crippen LogP contribution is -2.27. The summed E-state index contributed by atoms with van der Waals surface area (Å²) in [6, 6.07) is 8.26. The Morgan fingerprint density at radius 3 is 2.21 bits per heavy atom. The van der Waals surface area contributed by atoms with Crippen molar-refractivity contribution in [3.05, 3.63) is 24.3 Å². The van der Waals surface area contributed by atoms with Gasteiger partial charge in [-0.3, -0.25) is 4.79 Å². The van der Waals surface area contributed by atoms with E-state index in [-0.39, 0.29) is 11.8 Å². The minimum atomic E-state index is 0.199. The number of hydrogen-bond acceptors (Lipinski definition) is 2. The maximum absolute atomic E-state index is 12.5. The standard InChI is InChI=1S/C21H34N2O/c1-4-7-8-17-9-11-18(12-10-17)21(24)22-19-13-15-20(16-14-19)23(5-2)6-3/h13-18H,4-12H2,1-3H3,(H,22,24). The minimum absolute atomic E-state index is 0.199. The monoisotopic (exact) mass is 330 g/mol. The highest BCUT2D eigenvalue weighted by Gasteiger charge is 2.25. The van der Waals surface area contributed by atoms with Gasteiger partial charge < -0.3 is 10.2 Å². The highest BCUT2D eigenvalue weighted by Crippen LogP contribution is 2.32. The predicted octanol–water partition coefficient (Wildman–Crippen LogP) is 5.47. The Balaban J connectivity index is 1.82. The van der Waals surface area contributed by atoms with Gasteiger partial charge >= 0.3 is 0 Å². The van der Waals surface area contributed by atoms with Crippen molar-refractivity contribution in [2.45, 2.75) is 65.7 Å². The number of carbonyl (C=O) groups is 1. The van der Waals surface area contributed by atoms with Crippen LogP contribution >= 0.6 is 0 Å². The molecule has 1 aliphatic carbocycles. The Bertz CT molecular complexity index is 485. The van der Waals surface area contributed by atoms with Crippen LogP contribution in [0.5, 0.6) is 0 Å². The molecule has 0 radical (unpaired) electrons. The number of nitrogens with zero attached hydrogens (tertiary/aromatic N) is 1. The van der Waals surface area contributed by atoms with Gasteiger partial charge in [-0.15, -0.1) is 0 Å². The van der Waals surface area contributed by atoms with Crippen LogP contribution in [0.1, 0.15) is 65.7 Å². The van der Waals surface area contributed by atoms with Crippen LogP contribution in [0.3, 0.4) is 0 Å². The van der Waals surface area contributed by atoms with Gasteiger partial charge in [-0.25, -0.2) is 0 Å². The summed E-state index contributed by atoms with van der Waals surface area (Å²) < 4.78 is 0. The molecule has 3 heteroatoms. The lowest BCUT2D eigenvalue weighted by atomic mass is 9.79. The van der Waals surface area contributed by atoms with E-state index in [1.54, 1.807) is 0 Å². The number of carbonyl (C=O) groups excluding carboxylic acids is 1. The fourth-order valence-electron chi connectivity index (χ4n) is 3.79. The third kappa shape index (κ3) is 5.25. The normalized spacial score (nSPS) is 20.6. The van der Waals surface area contributed by atoms with Crippen molar-refractivity contribution < 1.29 is 4.79 Å². The van der Waals surface area contributed by atoms with Crippen molar-refractivity contribution in [2.24, 2.45) is 11.8 Å². The molecule has 0 unspecified atom stereocenters. The van der Waals surface area contributed by atoms with Crippen LogP contribution < -0.4 is 10.2 Å². The van der Waals surface area contributed by atoms with Crippen LogP contribution in [0.15, 0.2) is 24.3 Å². The zero-order chi connectivity index (χ0) is 17.4. The Labute approximate surface area is 147 Å². The molecule has 24 heavy (non-hydrogen) atoms. The third-order valence-electron chi connectivity index (χ3n) is 5.45. The average molecular weight is 331 g/mol. The van der Waals surface area contributed by atoms with E-state index in [0.717, 1.165) is 37.5 Å². The maximum atomic E-state index is 12.5. The van der Waals surface area contributed by atoms with Gasteiger partial charge in [0.1, 0.15) is 0 Å². The molecular formula is C21H34N2O. The van der Waals surface area contributed by atoms with Crippen molar-refractivity contribution in [1.82, 2.24) is 0 Å². The smallest absolute Gasteiger partial charge is 0.227 e. The second-order valence-electron chi connectivity index (χ2n) is 7.07. The molecule has 0 bridgehead atoms. The summed E-state index contributed by atoms with van der Waals surface area (Å²) in [7, 11) is 0. The highest BCUT2D eigenvalue weighted by molar-refractivity contribution is 5.92. The molecule has 0 heterocycles. The summed E-state index contributed by atoms with van der Waals surface area (Å²) in [4.78, 5) is 14.8. The Morgan fingerprint density at radius 2 is 1.67 bits per heavy atom. The first kappa shape index (κ1) is 18.8. The van der Waals surface area contributed by atoms with E-state index >= 15 is 0 Å². The van der Waals surface area contributed by atoms with E-state index in [0.29, 0.717) is 0 Å². The number of nitrogens with one attached hydrogen (secondary N) is 1. The zero-order valence-electron chi connectivity index (χ0n) is 15.7. The Morgan fingerprint density at radius 1 is 1.04 bits per heavy atom. The van der Waals surface area contributed by atoms with Crippen LogP contribution in [0.4, 0.5) is 11.4 Å². The first-order valence-electron chi connectivity index (χ1n) is 9.83. The summed E-state index contributed by atoms with van der Waals surface area (Å²) in [5, 5.41) is 3.11. The first-order chi connectivity index (χ1) is 11.7. The molecule has 1 saturated carbocycles. The second-order valence-corrected chi connectivity index (χ2v) is 7.07. The summed E-state index contributed by atoms with van der Waals surface area (Å²) in [5.41, 5.74) is 2.14. The van der Waals surface area contributed by atoms with Crippen LogP contribution in [-0.2, 0) is 4.79 Å². The molecule has 0 aliphatic heterocycles. The summed E-state index contributed by atoms with van der Waals surface area (Å²) in [6.07, 6.45) is 8.51. The minimum Gasteiger partial charge on any atom is -0.372 e. The largest absolute Gasteiger partial charge is 0.372 e. The fraction of sp³-hybridized carbons (Fsp3) is 0.667. The van der Waals surface area contributed by atoms with E-state index in [9.17, 15) is 4.79 Å². The van der Waals surface area contributed by atoms with Crippen LogP contribution in [-0.4, -0.2) is 19.0 Å². The van der Waals surface area contributed by atoms with E-state index in [4.69, 9.17) is 0 Å². The van der Waals surface area contributed by atoms with Gasteiger partial charge in [0, 0.05) is 30.4 Å². The SMILES string of the molecule is CCCCC1CCC(C(=O)Nc2ccc(N(CC)CC)cc2)CC1. The first-order valence-corrected chi connectivity index (χ1v) is 9.83. The van der Waals surface area contributed by atoms with Crippen molar-refractivity contribution in [3.8, 4) is 0 Å². The maximum Gasteiger partial charge on any atom is 0.227 e. The molecule has 1 fully saturated rings. The summed E-state index contributed by atoms with van der Waals surface area (Å²) in [6.45, 7) is 8.59. The lowest BCUT2D eigenvalue weighted by Gasteiger charge is -2.27. The number of rotatable bonds is 8. The number of unbranched alkanes of at least 4 members (excludes halogenated alkanes) is 1. The van der Waals surface area contributed by atoms with Gasteiger partial charge in [-0.2, -0.15) is 0 Å². The molecule has 2 rings (SSSR count). The van der Waals surface area contributed by atoms with Crippen LogP contribution in [0.25, 0.3) is 0 Å². The van der Waals surface area contributed by atoms with Gasteiger partial charge in [0.05, 0.1) is 0 Å². The molecule has 134 valence electrons. The number of hydrogen-bond donors (Lipinski definition) is 1. The quantitative estimate of drug-likeness (QED) is 0.685. The molecule has 0 atom stereocenters. The van der Waals surface area contributed by atoms with Crippen molar-refractivity contribution in [1.29, 1.82) is 0 Å². The van der Waals surface area contributed by atoms with Crippen molar-refractivity contribution in [3.63, 3.8) is 0 Å². The topological polar surface area (TPSA) is 32.3 Å². The average Bonchev–Trinajstić information content (AvgIpc) is 2.62. The van der Waals surface area contributed by atoms with Gasteiger partial charge in [-0.1, -0.05) is 26.2 Å². The molecule has 1 aromatic carbocycles. The number of amides is 1. The van der Waals surface area contributed by atoms with Gasteiger partial charge in [0.25, 0.3) is 0 Å². The number of benzene rings is 1. The van der Waals surface area contributed by atoms with E-state index in [1.165, 1.54) is 37.8 Å². The lowest BCUT2D eigenvalue weighted by molar-refractivity contribution is -0.121. The van der Waals surface area contributed by atoms with E-state index in [1.807, 2.05) is 12.1 Å². The second kappa shape index (κ2) is 9.71. The molecule has 0 saturated heterocycles. The van der Waals surface area contributed by atoms with E-state index < -0.39 is 0 Å². The van der Waals surface area contributed by atoms with Crippen LogP contribution in [0.2, 0.25) is 0 Å². The Kier molecular flexibility index (Phi) is 7.61. The van der Waals surface area contributed by atoms with Crippen molar-refractivity contribution in [2.75, 3.05) is 23.3 Å². The van der Waals surface area contributed by atoms with Gasteiger partial charge in [-0.05, 0) is 69.7 Å². The van der Waals surface area contributed by atoms with Crippen LogP contribution in [0, 0.1) is 11.8 Å². The van der Waals surface area contributed by atoms with Gasteiger partial charge in [0.15, 0.2) is 0 Å². The molecule has 1 aliphatic rings. The molecule has 1 aromatic rings. The third-order valence-corrected chi connectivity index (χ3v) is 5.45. The molecular weight excluding hydrogens is 296 g/mol. The van der Waals surface area contributed by atoms with Gasteiger partial charge in [0.2, 0.25) is 5.91 Å². The molecule has 1 amide bonds. The summed E-state index contributed by atoms with van der Waals surface area (Å²) in [5.74, 6) is 1.26. The molecule has 0 aromatic heterocycles. The predicted molar refractivity (Wildman–Crippen MR) is 104 cm³/mol. The molecule has 1 N–H and O–H groups in total. The summed E-state index contributed by atoms with van der Waals surface area (Å²) >= 11 is 0. The number of anilines is 2.